The quantitative estimate of drug-likeness (QED) is 0.831. The van der Waals surface area contributed by atoms with Crippen molar-refractivity contribution in [2.24, 2.45) is 0 Å². The highest BCUT2D eigenvalue weighted by Gasteiger charge is 2.12. The van der Waals surface area contributed by atoms with Crippen LogP contribution in [0.15, 0.2) is 12.4 Å². The van der Waals surface area contributed by atoms with Gasteiger partial charge in [0.25, 0.3) is 0 Å². The highest BCUT2D eigenvalue weighted by atomic mass is 15.3. The SMILES string of the molecule is CCCCC(CCC)Nc1nccn2c(C)nnc12. The van der Waals surface area contributed by atoms with Gasteiger partial charge in [0, 0.05) is 18.4 Å². The van der Waals surface area contributed by atoms with Crippen molar-refractivity contribution in [2.45, 2.75) is 58.9 Å². The molecular formula is C14H23N5. The van der Waals surface area contributed by atoms with Crippen molar-refractivity contribution in [3.8, 4) is 0 Å². The third-order valence-corrected chi connectivity index (χ3v) is 3.38. The lowest BCUT2D eigenvalue weighted by Crippen LogP contribution is -2.20. The zero-order valence-electron chi connectivity index (χ0n) is 12.1. The minimum absolute atomic E-state index is 0.473. The van der Waals surface area contributed by atoms with Gasteiger partial charge in [0.1, 0.15) is 5.82 Å². The fraction of sp³-hybridized carbons (Fsp3) is 0.643. The second-order valence-electron chi connectivity index (χ2n) is 4.99. The number of unbranched alkanes of at least 4 members (excludes halogenated alkanes) is 1. The van der Waals surface area contributed by atoms with Gasteiger partial charge in [0.05, 0.1) is 0 Å². The topological polar surface area (TPSA) is 55.1 Å². The van der Waals surface area contributed by atoms with Crippen molar-refractivity contribution < 1.29 is 0 Å². The summed E-state index contributed by atoms with van der Waals surface area (Å²) in [5.41, 5.74) is 0.817. The number of nitrogens with zero attached hydrogens (tertiary/aromatic N) is 4. The predicted molar refractivity (Wildman–Crippen MR) is 77.4 cm³/mol. The summed E-state index contributed by atoms with van der Waals surface area (Å²) in [6.07, 6.45) is 9.69. The van der Waals surface area contributed by atoms with Crippen LogP contribution in [0.3, 0.4) is 0 Å². The zero-order valence-corrected chi connectivity index (χ0v) is 12.1. The summed E-state index contributed by atoms with van der Waals surface area (Å²) in [6, 6.07) is 0.473. The Balaban J connectivity index is 2.18. The summed E-state index contributed by atoms with van der Waals surface area (Å²) >= 11 is 0. The Kier molecular flexibility index (Phi) is 4.71. The van der Waals surface area contributed by atoms with Gasteiger partial charge in [-0.15, -0.1) is 10.2 Å². The highest BCUT2D eigenvalue weighted by molar-refractivity contribution is 5.62. The van der Waals surface area contributed by atoms with Crippen LogP contribution in [0, 0.1) is 6.92 Å². The summed E-state index contributed by atoms with van der Waals surface area (Å²) in [6.45, 7) is 6.39. The molecule has 0 aliphatic heterocycles. The molecule has 1 atom stereocenters. The molecule has 0 amide bonds. The van der Waals surface area contributed by atoms with E-state index in [9.17, 15) is 0 Å². The van der Waals surface area contributed by atoms with Gasteiger partial charge in [0.2, 0.25) is 5.65 Å². The number of hydrogen-bond donors (Lipinski definition) is 1. The molecule has 0 spiro atoms. The molecule has 5 heteroatoms. The lowest BCUT2D eigenvalue weighted by Gasteiger charge is -2.18. The van der Waals surface area contributed by atoms with Crippen molar-refractivity contribution >= 4 is 11.5 Å². The first-order valence-electron chi connectivity index (χ1n) is 7.19. The van der Waals surface area contributed by atoms with E-state index in [0.717, 1.165) is 23.7 Å². The van der Waals surface area contributed by atoms with Crippen molar-refractivity contribution in [3.05, 3.63) is 18.2 Å². The van der Waals surface area contributed by atoms with E-state index in [1.165, 1.54) is 25.7 Å². The van der Waals surface area contributed by atoms with Gasteiger partial charge < -0.3 is 5.32 Å². The van der Waals surface area contributed by atoms with Crippen LogP contribution in [0.4, 0.5) is 5.82 Å². The van der Waals surface area contributed by atoms with Crippen molar-refractivity contribution in [2.75, 3.05) is 5.32 Å². The summed E-state index contributed by atoms with van der Waals surface area (Å²) in [4.78, 5) is 4.42. The molecule has 5 nitrogen and oxygen atoms in total. The van der Waals surface area contributed by atoms with E-state index in [1.54, 1.807) is 6.20 Å². The fourth-order valence-corrected chi connectivity index (χ4v) is 2.32. The van der Waals surface area contributed by atoms with Gasteiger partial charge in [-0.3, -0.25) is 4.40 Å². The van der Waals surface area contributed by atoms with E-state index in [-0.39, 0.29) is 0 Å². The maximum absolute atomic E-state index is 4.42. The minimum Gasteiger partial charge on any atom is -0.364 e. The fourth-order valence-electron chi connectivity index (χ4n) is 2.32. The zero-order chi connectivity index (χ0) is 13.7. The molecule has 0 aliphatic rings. The monoisotopic (exact) mass is 261 g/mol. The van der Waals surface area contributed by atoms with Gasteiger partial charge in [-0.2, -0.15) is 0 Å². The first-order chi connectivity index (χ1) is 9.26. The Morgan fingerprint density at radius 3 is 2.79 bits per heavy atom. The smallest absolute Gasteiger partial charge is 0.203 e. The molecule has 19 heavy (non-hydrogen) atoms. The van der Waals surface area contributed by atoms with Crippen molar-refractivity contribution in [1.29, 1.82) is 0 Å². The molecule has 0 fully saturated rings. The van der Waals surface area contributed by atoms with E-state index >= 15 is 0 Å². The lowest BCUT2D eigenvalue weighted by molar-refractivity contribution is 0.563. The van der Waals surface area contributed by atoms with Crippen LogP contribution >= 0.6 is 0 Å². The molecule has 0 bridgehead atoms. The van der Waals surface area contributed by atoms with Gasteiger partial charge in [-0.1, -0.05) is 33.1 Å². The summed E-state index contributed by atoms with van der Waals surface area (Å²) in [7, 11) is 0. The lowest BCUT2D eigenvalue weighted by atomic mass is 10.1. The van der Waals surface area contributed by atoms with E-state index in [4.69, 9.17) is 0 Å². The second-order valence-corrected chi connectivity index (χ2v) is 4.99. The van der Waals surface area contributed by atoms with E-state index in [1.807, 2.05) is 17.5 Å². The number of fused-ring (bicyclic) bond motifs is 1. The van der Waals surface area contributed by atoms with Gasteiger partial charge in [0.15, 0.2) is 5.82 Å². The van der Waals surface area contributed by atoms with Crippen molar-refractivity contribution in [3.63, 3.8) is 0 Å². The molecule has 104 valence electrons. The first kappa shape index (κ1) is 13.8. The van der Waals surface area contributed by atoms with Crippen LogP contribution in [0.1, 0.15) is 51.8 Å². The molecular weight excluding hydrogens is 238 g/mol. The van der Waals surface area contributed by atoms with E-state index in [2.05, 4.69) is 34.3 Å². The molecule has 2 heterocycles. The molecule has 0 saturated carbocycles. The number of anilines is 1. The molecule has 1 N–H and O–H groups in total. The van der Waals surface area contributed by atoms with Crippen LogP contribution in [0.2, 0.25) is 0 Å². The van der Waals surface area contributed by atoms with Gasteiger partial charge in [-0.05, 0) is 19.8 Å². The number of hydrogen-bond acceptors (Lipinski definition) is 4. The number of rotatable bonds is 7. The Morgan fingerprint density at radius 2 is 2.05 bits per heavy atom. The van der Waals surface area contributed by atoms with Gasteiger partial charge >= 0.3 is 0 Å². The van der Waals surface area contributed by atoms with Crippen LogP contribution in [0.5, 0.6) is 0 Å². The van der Waals surface area contributed by atoms with Crippen LogP contribution in [-0.2, 0) is 0 Å². The van der Waals surface area contributed by atoms with Crippen LogP contribution < -0.4 is 5.32 Å². The number of aromatic nitrogens is 4. The Morgan fingerprint density at radius 1 is 1.21 bits per heavy atom. The summed E-state index contributed by atoms with van der Waals surface area (Å²) in [5, 5.41) is 11.8. The Bertz CT molecular complexity index is 520. The average Bonchev–Trinajstić information content (AvgIpc) is 2.79. The Labute approximate surface area is 114 Å². The normalized spacial score (nSPS) is 12.8. The van der Waals surface area contributed by atoms with E-state index < -0.39 is 0 Å². The summed E-state index contributed by atoms with van der Waals surface area (Å²) in [5.74, 6) is 1.73. The molecule has 2 rings (SSSR count). The van der Waals surface area contributed by atoms with Gasteiger partial charge in [-0.25, -0.2) is 4.98 Å². The Hall–Kier alpha value is -1.65. The van der Waals surface area contributed by atoms with Crippen LogP contribution in [0.25, 0.3) is 5.65 Å². The molecule has 0 radical (unpaired) electrons. The maximum Gasteiger partial charge on any atom is 0.203 e. The summed E-state index contributed by atoms with van der Waals surface area (Å²) < 4.78 is 1.97. The average molecular weight is 261 g/mol. The molecule has 1 unspecified atom stereocenters. The number of nitrogens with one attached hydrogen (secondary N) is 1. The van der Waals surface area contributed by atoms with Crippen LogP contribution in [-0.4, -0.2) is 25.6 Å². The standard InChI is InChI=1S/C14H23N5/c1-4-6-8-12(7-5-2)16-13-14-18-17-11(3)19(14)10-9-15-13/h9-10,12H,4-8H2,1-3H3,(H,15,16). The largest absolute Gasteiger partial charge is 0.364 e. The molecule has 0 aliphatic carbocycles. The minimum atomic E-state index is 0.473. The third-order valence-electron chi connectivity index (χ3n) is 3.38. The molecule has 0 aromatic carbocycles. The predicted octanol–water partition coefficient (Wildman–Crippen LogP) is 3.20. The van der Waals surface area contributed by atoms with E-state index in [0.29, 0.717) is 6.04 Å². The number of aryl methyl sites for hydroxylation is 1. The highest BCUT2D eigenvalue weighted by Crippen LogP contribution is 2.17. The molecule has 2 aromatic rings. The first-order valence-corrected chi connectivity index (χ1v) is 7.19. The molecule has 0 saturated heterocycles. The third kappa shape index (κ3) is 3.22. The second kappa shape index (κ2) is 6.50. The molecule has 2 aromatic heterocycles. The maximum atomic E-state index is 4.42. The van der Waals surface area contributed by atoms with Crippen molar-refractivity contribution in [1.82, 2.24) is 19.6 Å².